The van der Waals surface area contributed by atoms with Crippen LogP contribution in [0.25, 0.3) is 10.9 Å². The first kappa shape index (κ1) is 17.5. The smallest absolute Gasteiger partial charge is 0.0917 e. The molecule has 140 valence electrons. The Morgan fingerprint density at radius 1 is 1.15 bits per heavy atom. The van der Waals surface area contributed by atoms with Gasteiger partial charge in [0.15, 0.2) is 0 Å². The third-order valence-electron chi connectivity index (χ3n) is 6.30. The Balaban J connectivity index is 1.49. The van der Waals surface area contributed by atoms with Crippen molar-refractivity contribution in [3.05, 3.63) is 69.3 Å². The molecule has 2 aromatic carbocycles. The molecule has 2 heterocycles. The van der Waals surface area contributed by atoms with E-state index in [0.717, 1.165) is 23.1 Å². The number of halogens is 1. The van der Waals surface area contributed by atoms with Crippen molar-refractivity contribution in [1.29, 1.82) is 0 Å². The second-order valence-corrected chi connectivity index (χ2v) is 8.92. The minimum atomic E-state index is -0.443. The molecule has 2 atom stereocenters. The second-order valence-electron chi connectivity index (χ2n) is 8.01. The molecule has 3 aromatic rings. The van der Waals surface area contributed by atoms with E-state index in [1.54, 1.807) is 5.56 Å². The van der Waals surface area contributed by atoms with Crippen LogP contribution in [0.5, 0.6) is 0 Å². The lowest BCUT2D eigenvalue weighted by atomic mass is 9.89. The standard InChI is InChI=1S/C23H25BrN2O/c1-15-5-10-20-19(13-15)18-3-2-4-21-23(18)26(20)12-11-25(21)14-22(27)16-6-8-17(24)9-7-16/h5-10,13,21-22,27H,2-4,11-12,14H2,1H3/t21-,22+/m1/s1. The highest BCUT2D eigenvalue weighted by atomic mass is 79.9. The normalized spacial score (nSPS) is 20.6. The maximum Gasteiger partial charge on any atom is 0.0917 e. The summed E-state index contributed by atoms with van der Waals surface area (Å²) in [6, 6.07) is 15.4. The number of hydrogen-bond donors (Lipinski definition) is 1. The summed E-state index contributed by atoms with van der Waals surface area (Å²) in [6.45, 7) is 4.90. The molecule has 2 aliphatic rings. The third-order valence-corrected chi connectivity index (χ3v) is 6.83. The van der Waals surface area contributed by atoms with Crippen molar-refractivity contribution >= 4 is 26.8 Å². The molecule has 1 aliphatic heterocycles. The zero-order chi connectivity index (χ0) is 18.5. The van der Waals surface area contributed by atoms with E-state index < -0.39 is 6.10 Å². The minimum Gasteiger partial charge on any atom is -0.387 e. The van der Waals surface area contributed by atoms with Gasteiger partial charge in [0.05, 0.1) is 12.1 Å². The van der Waals surface area contributed by atoms with Crippen LogP contribution in [0.4, 0.5) is 0 Å². The molecule has 5 rings (SSSR count). The van der Waals surface area contributed by atoms with Crippen molar-refractivity contribution in [3.63, 3.8) is 0 Å². The van der Waals surface area contributed by atoms with Crippen LogP contribution in [0, 0.1) is 6.92 Å². The lowest BCUT2D eigenvalue weighted by Crippen LogP contribution is -2.41. The van der Waals surface area contributed by atoms with Crippen LogP contribution in [-0.4, -0.2) is 27.7 Å². The highest BCUT2D eigenvalue weighted by Crippen LogP contribution is 2.43. The zero-order valence-electron chi connectivity index (χ0n) is 15.7. The van der Waals surface area contributed by atoms with Gasteiger partial charge in [0.1, 0.15) is 0 Å². The molecule has 1 N–H and O–H groups in total. The Hall–Kier alpha value is -1.62. The first-order chi connectivity index (χ1) is 13.1. The van der Waals surface area contributed by atoms with Gasteiger partial charge in [0.25, 0.3) is 0 Å². The number of fused-ring (bicyclic) bond motifs is 3. The van der Waals surface area contributed by atoms with Crippen molar-refractivity contribution in [3.8, 4) is 0 Å². The number of aliphatic hydroxyl groups is 1. The first-order valence-electron chi connectivity index (χ1n) is 9.91. The van der Waals surface area contributed by atoms with Crippen molar-refractivity contribution in [1.82, 2.24) is 9.47 Å². The van der Waals surface area contributed by atoms with Gasteiger partial charge in [-0.3, -0.25) is 4.90 Å². The number of nitrogens with zero attached hydrogens (tertiary/aromatic N) is 2. The fraction of sp³-hybridized carbons (Fsp3) is 0.391. The van der Waals surface area contributed by atoms with Crippen LogP contribution in [0.1, 0.15) is 47.4 Å². The van der Waals surface area contributed by atoms with Gasteiger partial charge in [-0.1, -0.05) is 39.7 Å². The van der Waals surface area contributed by atoms with Crippen LogP contribution in [0.3, 0.4) is 0 Å². The van der Waals surface area contributed by atoms with Crippen LogP contribution in [0.15, 0.2) is 46.9 Å². The van der Waals surface area contributed by atoms with Gasteiger partial charge in [-0.15, -0.1) is 0 Å². The van der Waals surface area contributed by atoms with Crippen molar-refractivity contribution in [2.75, 3.05) is 13.1 Å². The van der Waals surface area contributed by atoms with Crippen molar-refractivity contribution < 1.29 is 5.11 Å². The molecule has 0 radical (unpaired) electrons. The van der Waals surface area contributed by atoms with E-state index in [0.29, 0.717) is 12.6 Å². The van der Waals surface area contributed by atoms with E-state index in [1.807, 2.05) is 24.3 Å². The highest BCUT2D eigenvalue weighted by molar-refractivity contribution is 9.10. The van der Waals surface area contributed by atoms with E-state index in [9.17, 15) is 5.11 Å². The fourth-order valence-corrected chi connectivity index (χ4v) is 5.29. The number of rotatable bonds is 3. The summed E-state index contributed by atoms with van der Waals surface area (Å²) >= 11 is 3.47. The summed E-state index contributed by atoms with van der Waals surface area (Å²) in [7, 11) is 0. The number of aryl methyl sites for hydroxylation is 2. The number of aliphatic hydroxyl groups excluding tert-OH is 1. The SMILES string of the molecule is Cc1ccc2c(c1)c1c3n2CCN(C[C@H](O)c2ccc(Br)cc2)[C@@H]3CCC1. The molecular weight excluding hydrogens is 400 g/mol. The first-order valence-corrected chi connectivity index (χ1v) is 10.7. The molecular formula is C23H25BrN2O. The average Bonchev–Trinajstić information content (AvgIpc) is 2.99. The predicted molar refractivity (Wildman–Crippen MR) is 113 cm³/mol. The molecule has 0 saturated carbocycles. The number of β-amino-alcohol motifs (C(OH)–C–C–N with tert-alkyl or cyclic N) is 1. The van der Waals surface area contributed by atoms with E-state index in [4.69, 9.17) is 0 Å². The summed E-state index contributed by atoms with van der Waals surface area (Å²) < 4.78 is 3.60. The summed E-state index contributed by atoms with van der Waals surface area (Å²) in [4.78, 5) is 2.51. The highest BCUT2D eigenvalue weighted by Gasteiger charge is 2.35. The quantitative estimate of drug-likeness (QED) is 0.630. The Morgan fingerprint density at radius 3 is 2.78 bits per heavy atom. The molecule has 0 bridgehead atoms. The fourth-order valence-electron chi connectivity index (χ4n) is 5.02. The second kappa shape index (κ2) is 6.77. The molecule has 0 unspecified atom stereocenters. The lowest BCUT2D eigenvalue weighted by molar-refractivity contribution is 0.0639. The Kier molecular flexibility index (Phi) is 4.38. The lowest BCUT2D eigenvalue weighted by Gasteiger charge is -2.40. The van der Waals surface area contributed by atoms with Crippen molar-refractivity contribution in [2.45, 2.75) is 44.9 Å². The maximum absolute atomic E-state index is 10.8. The Labute approximate surface area is 168 Å². The molecule has 3 nitrogen and oxygen atoms in total. The third kappa shape index (κ3) is 2.95. The van der Waals surface area contributed by atoms with Gasteiger partial charge in [-0.05, 0) is 61.6 Å². The summed E-state index contributed by atoms with van der Waals surface area (Å²) in [6.07, 6.45) is 3.16. The van der Waals surface area contributed by atoms with E-state index >= 15 is 0 Å². The number of hydrogen-bond acceptors (Lipinski definition) is 2. The molecule has 27 heavy (non-hydrogen) atoms. The van der Waals surface area contributed by atoms with Gasteiger partial charge in [-0.25, -0.2) is 0 Å². The molecule has 1 aromatic heterocycles. The molecule has 1 aliphatic carbocycles. The molecule has 4 heteroatoms. The van der Waals surface area contributed by atoms with Crippen molar-refractivity contribution in [2.24, 2.45) is 0 Å². The van der Waals surface area contributed by atoms with E-state index in [-0.39, 0.29) is 0 Å². The summed E-state index contributed by atoms with van der Waals surface area (Å²) in [5.74, 6) is 0. The van der Waals surface area contributed by atoms with Crippen LogP contribution < -0.4 is 0 Å². The zero-order valence-corrected chi connectivity index (χ0v) is 17.2. The minimum absolute atomic E-state index is 0.431. The average molecular weight is 425 g/mol. The molecule has 0 spiro atoms. The largest absolute Gasteiger partial charge is 0.387 e. The van der Waals surface area contributed by atoms with Gasteiger partial charge < -0.3 is 9.67 Å². The molecule has 0 fully saturated rings. The number of aromatic nitrogens is 1. The van der Waals surface area contributed by atoms with Crippen LogP contribution in [-0.2, 0) is 13.0 Å². The topological polar surface area (TPSA) is 28.4 Å². The maximum atomic E-state index is 10.8. The Bertz CT molecular complexity index is 992. The molecule has 0 amide bonds. The van der Waals surface area contributed by atoms with E-state index in [1.165, 1.54) is 41.4 Å². The monoisotopic (exact) mass is 424 g/mol. The molecule has 0 saturated heterocycles. The summed E-state index contributed by atoms with van der Waals surface area (Å²) in [5.41, 5.74) is 6.79. The van der Waals surface area contributed by atoms with Gasteiger partial charge in [0.2, 0.25) is 0 Å². The van der Waals surface area contributed by atoms with Crippen LogP contribution >= 0.6 is 15.9 Å². The number of benzene rings is 2. The van der Waals surface area contributed by atoms with E-state index in [2.05, 4.69) is 50.5 Å². The Morgan fingerprint density at radius 2 is 1.96 bits per heavy atom. The van der Waals surface area contributed by atoms with Gasteiger partial charge in [-0.2, -0.15) is 0 Å². The van der Waals surface area contributed by atoms with Crippen LogP contribution in [0.2, 0.25) is 0 Å². The van der Waals surface area contributed by atoms with Gasteiger partial charge >= 0.3 is 0 Å². The predicted octanol–water partition coefficient (Wildman–Crippen LogP) is 5.14. The van der Waals surface area contributed by atoms with Gasteiger partial charge in [0, 0.05) is 40.7 Å². The summed E-state index contributed by atoms with van der Waals surface area (Å²) in [5, 5.41) is 12.3.